The van der Waals surface area contributed by atoms with Gasteiger partial charge in [0.1, 0.15) is 17.4 Å². The lowest BCUT2D eigenvalue weighted by Gasteiger charge is -2.12. The van der Waals surface area contributed by atoms with Crippen LogP contribution in [0.4, 0.5) is 23.1 Å². The van der Waals surface area contributed by atoms with Crippen LogP contribution in [-0.2, 0) is 4.57 Å². The van der Waals surface area contributed by atoms with E-state index in [2.05, 4.69) is 20.6 Å². The molecule has 0 fully saturated rings. The number of hydrogen-bond donors (Lipinski definition) is 2. The third-order valence-corrected chi connectivity index (χ3v) is 4.86. The van der Waals surface area contributed by atoms with Crippen molar-refractivity contribution in [2.45, 2.75) is 0 Å². The minimum atomic E-state index is -1.44. The highest BCUT2D eigenvalue weighted by Crippen LogP contribution is 2.30. The topological polar surface area (TPSA) is 76.1 Å². The number of benzene rings is 2. The maximum absolute atomic E-state index is 11.7. The molecule has 1 heterocycles. The third kappa shape index (κ3) is 4.28. The second-order valence-electron chi connectivity index (χ2n) is 5.39. The van der Waals surface area contributed by atoms with Gasteiger partial charge in [-0.15, -0.1) is 0 Å². The van der Waals surface area contributed by atoms with Crippen LogP contribution in [0.25, 0.3) is 0 Å². The quantitative estimate of drug-likeness (QED) is 0.597. The molecule has 0 saturated carbocycles. The van der Waals surface area contributed by atoms with Crippen LogP contribution in [0, 0.1) is 0 Å². The molecule has 6 nitrogen and oxygen atoms in total. The zero-order chi connectivity index (χ0) is 18.5. The molecule has 1 unspecified atom stereocenters. The smallest absolute Gasteiger partial charge is 0.373 e. The molecule has 26 heavy (non-hydrogen) atoms. The van der Waals surface area contributed by atoms with Crippen LogP contribution in [0.3, 0.4) is 0 Å². The number of hydrogen-bond acceptors (Lipinski definition) is 6. The molecule has 0 saturated heterocycles. The molecule has 0 aliphatic heterocycles. The number of ether oxygens (including phenoxy) is 1. The predicted octanol–water partition coefficient (Wildman–Crippen LogP) is 4.71. The summed E-state index contributed by atoms with van der Waals surface area (Å²) in [5.74, 6) is 1.41. The molecule has 0 amide bonds. The van der Waals surface area contributed by atoms with Crippen LogP contribution in [0.2, 0.25) is 5.02 Å². The molecule has 8 heteroatoms. The second-order valence-corrected chi connectivity index (χ2v) is 7.31. The summed E-state index contributed by atoms with van der Waals surface area (Å²) in [5, 5.41) is 7.38. The Hall–Kier alpha value is -2.69. The van der Waals surface area contributed by atoms with Gasteiger partial charge in [0.05, 0.1) is 19.0 Å². The van der Waals surface area contributed by atoms with E-state index >= 15 is 0 Å². The van der Waals surface area contributed by atoms with E-state index in [-0.39, 0.29) is 0 Å². The Morgan fingerprint density at radius 1 is 1.12 bits per heavy atom. The molecule has 2 aromatic carbocycles. The molecule has 0 spiro atoms. The largest absolute Gasteiger partial charge is 0.494 e. The molecule has 3 rings (SSSR count). The molecule has 132 valence electrons. The van der Waals surface area contributed by atoms with Crippen molar-refractivity contribution in [3.8, 4) is 5.75 Å². The van der Waals surface area contributed by atoms with Crippen molar-refractivity contribution < 1.29 is 9.30 Å². The standard InChI is InChI=1S/C18H17ClN4O2P/c1-25-16-10-13(26(2)24)8-9-15(16)22-18-20-11-14(19)17(23-18)21-12-6-4-3-5-7-12/h3-11H,1-2H3,(H2,20,21,22,23)/q+1. The minimum absolute atomic E-state index is 0.361. The lowest BCUT2D eigenvalue weighted by molar-refractivity contribution is 0.417. The first-order chi connectivity index (χ1) is 12.6. The summed E-state index contributed by atoms with van der Waals surface area (Å²) < 4.78 is 17.0. The van der Waals surface area contributed by atoms with Crippen LogP contribution in [0.15, 0.2) is 54.7 Å². The van der Waals surface area contributed by atoms with E-state index in [0.29, 0.717) is 33.5 Å². The van der Waals surface area contributed by atoms with Crippen molar-refractivity contribution >= 4 is 47.8 Å². The van der Waals surface area contributed by atoms with E-state index in [1.165, 1.54) is 6.20 Å². The van der Waals surface area contributed by atoms with Gasteiger partial charge < -0.3 is 15.4 Å². The highest BCUT2D eigenvalue weighted by molar-refractivity contribution is 7.52. The van der Waals surface area contributed by atoms with Gasteiger partial charge in [0.25, 0.3) is 0 Å². The number of halogens is 1. The SMILES string of the molecule is COc1cc([P+](C)=O)ccc1Nc1ncc(Cl)c(Nc2ccccc2)n1. The zero-order valence-electron chi connectivity index (χ0n) is 14.2. The van der Waals surface area contributed by atoms with Gasteiger partial charge in [-0.3, -0.25) is 0 Å². The average Bonchev–Trinajstić information content (AvgIpc) is 2.65. The maximum atomic E-state index is 11.7. The Kier molecular flexibility index (Phi) is 5.66. The lowest BCUT2D eigenvalue weighted by atomic mass is 10.3. The molecule has 1 atom stereocenters. The summed E-state index contributed by atoms with van der Waals surface area (Å²) in [7, 11) is 0.110. The van der Waals surface area contributed by atoms with Crippen LogP contribution in [0.5, 0.6) is 5.75 Å². The van der Waals surface area contributed by atoms with Crippen LogP contribution >= 0.6 is 19.4 Å². The van der Waals surface area contributed by atoms with Crippen molar-refractivity contribution in [3.63, 3.8) is 0 Å². The van der Waals surface area contributed by atoms with Gasteiger partial charge in [0.15, 0.2) is 11.1 Å². The predicted molar refractivity (Wildman–Crippen MR) is 106 cm³/mol. The fourth-order valence-electron chi connectivity index (χ4n) is 2.27. The van der Waals surface area contributed by atoms with Gasteiger partial charge >= 0.3 is 7.80 Å². The van der Waals surface area contributed by atoms with Crippen molar-refractivity contribution in [2.75, 3.05) is 24.4 Å². The number of anilines is 4. The Labute approximate surface area is 157 Å². The molecule has 0 radical (unpaired) electrons. The van der Waals surface area contributed by atoms with E-state index in [4.69, 9.17) is 16.3 Å². The summed E-state index contributed by atoms with van der Waals surface area (Å²) in [6.45, 7) is 1.65. The maximum Gasteiger partial charge on any atom is 0.373 e. The molecule has 2 N–H and O–H groups in total. The van der Waals surface area contributed by atoms with Crippen LogP contribution in [0.1, 0.15) is 0 Å². The molecular weight excluding hydrogens is 371 g/mol. The van der Waals surface area contributed by atoms with Crippen molar-refractivity contribution in [1.29, 1.82) is 0 Å². The molecule has 0 aliphatic rings. The Morgan fingerprint density at radius 2 is 1.88 bits per heavy atom. The van der Waals surface area contributed by atoms with Crippen LogP contribution in [-0.4, -0.2) is 23.7 Å². The van der Waals surface area contributed by atoms with E-state index < -0.39 is 7.80 Å². The Morgan fingerprint density at radius 3 is 2.58 bits per heavy atom. The van der Waals surface area contributed by atoms with E-state index in [9.17, 15) is 4.57 Å². The number of nitrogens with one attached hydrogen (secondary N) is 2. The summed E-state index contributed by atoms with van der Waals surface area (Å²) in [6, 6.07) is 14.9. The highest BCUT2D eigenvalue weighted by Gasteiger charge is 2.16. The number of nitrogens with zero attached hydrogens (tertiary/aromatic N) is 2. The van der Waals surface area contributed by atoms with E-state index in [0.717, 1.165) is 5.69 Å². The summed E-state index contributed by atoms with van der Waals surface area (Å²) >= 11 is 6.19. The Balaban J connectivity index is 1.86. The van der Waals surface area contributed by atoms with E-state index in [1.807, 2.05) is 30.3 Å². The monoisotopic (exact) mass is 387 g/mol. The molecule has 1 aromatic heterocycles. The third-order valence-electron chi connectivity index (χ3n) is 3.58. The zero-order valence-corrected chi connectivity index (χ0v) is 15.9. The Bertz CT molecular complexity index is 938. The number of rotatable bonds is 6. The average molecular weight is 388 g/mol. The van der Waals surface area contributed by atoms with Crippen molar-refractivity contribution in [3.05, 3.63) is 59.8 Å². The molecular formula is C18H17ClN4O2P+. The van der Waals surface area contributed by atoms with Gasteiger partial charge in [-0.1, -0.05) is 34.4 Å². The fraction of sp³-hybridized carbons (Fsp3) is 0.111. The van der Waals surface area contributed by atoms with Gasteiger partial charge in [-0.25, -0.2) is 4.98 Å². The normalized spacial score (nSPS) is 11.0. The molecule has 0 bridgehead atoms. The first kappa shape index (κ1) is 18.1. The first-order valence-corrected chi connectivity index (χ1v) is 9.86. The molecule has 3 aromatic rings. The van der Waals surface area contributed by atoms with Gasteiger partial charge in [-0.05, 0) is 24.3 Å². The summed E-state index contributed by atoms with van der Waals surface area (Å²) in [5.41, 5.74) is 1.54. The van der Waals surface area contributed by atoms with Crippen LogP contribution < -0.4 is 20.7 Å². The van der Waals surface area contributed by atoms with Gasteiger partial charge in [-0.2, -0.15) is 4.98 Å². The second kappa shape index (κ2) is 8.13. The van der Waals surface area contributed by atoms with E-state index in [1.54, 1.807) is 32.0 Å². The minimum Gasteiger partial charge on any atom is -0.494 e. The van der Waals surface area contributed by atoms with Crippen molar-refractivity contribution in [2.24, 2.45) is 0 Å². The summed E-state index contributed by atoms with van der Waals surface area (Å²) in [4.78, 5) is 8.62. The van der Waals surface area contributed by atoms with Crippen molar-refractivity contribution in [1.82, 2.24) is 9.97 Å². The van der Waals surface area contributed by atoms with Gasteiger partial charge in [0.2, 0.25) is 5.95 Å². The number of aromatic nitrogens is 2. The summed E-state index contributed by atoms with van der Waals surface area (Å²) in [6.07, 6.45) is 1.52. The lowest BCUT2D eigenvalue weighted by Crippen LogP contribution is -2.04. The van der Waals surface area contributed by atoms with Gasteiger partial charge in [0, 0.05) is 11.8 Å². The first-order valence-electron chi connectivity index (χ1n) is 7.77. The highest BCUT2D eigenvalue weighted by atomic mass is 35.5. The number of para-hydroxylation sites is 1. The fourth-order valence-corrected chi connectivity index (χ4v) is 2.99. The molecule has 0 aliphatic carbocycles. The number of methoxy groups -OCH3 is 1.